The van der Waals surface area contributed by atoms with E-state index < -0.39 is 0 Å². The summed E-state index contributed by atoms with van der Waals surface area (Å²) in [6.45, 7) is 2.96. The minimum absolute atomic E-state index is 0.802. The Kier molecular flexibility index (Phi) is 2.73. The van der Waals surface area contributed by atoms with Gasteiger partial charge in [-0.15, -0.1) is 0 Å². The molecule has 2 nitrogen and oxygen atoms in total. The zero-order valence-electron chi connectivity index (χ0n) is 8.36. The molecule has 0 saturated carbocycles. The van der Waals surface area contributed by atoms with Gasteiger partial charge in [-0.25, -0.2) is 0 Å². The molecule has 1 aliphatic rings. The molecule has 0 aromatic heterocycles. The van der Waals surface area contributed by atoms with Gasteiger partial charge in [0.1, 0.15) is 5.75 Å². The fourth-order valence-electron chi connectivity index (χ4n) is 1.40. The van der Waals surface area contributed by atoms with E-state index in [1.54, 1.807) is 0 Å². The maximum atomic E-state index is 5.60. The van der Waals surface area contributed by atoms with Gasteiger partial charge in [0, 0.05) is 22.8 Å². The van der Waals surface area contributed by atoms with Crippen LogP contribution in [0.2, 0.25) is 0 Å². The first-order valence-corrected chi connectivity index (χ1v) is 5.03. The standard InChI is InChI=1S/C12H14NO/c1-2-3-6-14-12-5-4-10-8-13-9-11(10)7-12/h4-5,7-9H,2-3,6H2,1H3. The summed E-state index contributed by atoms with van der Waals surface area (Å²) in [5.74, 6) is 0.943. The molecule has 0 aliphatic carbocycles. The first kappa shape index (κ1) is 9.13. The summed E-state index contributed by atoms with van der Waals surface area (Å²) in [5, 5.41) is 6.41. The lowest BCUT2D eigenvalue weighted by Gasteiger charge is -2.03. The molecule has 0 spiro atoms. The molecule has 73 valence electrons. The molecule has 2 rings (SSSR count). The van der Waals surface area contributed by atoms with E-state index in [4.69, 9.17) is 4.74 Å². The van der Waals surface area contributed by atoms with Crippen molar-refractivity contribution in [2.75, 3.05) is 6.61 Å². The van der Waals surface area contributed by atoms with E-state index in [2.05, 4.69) is 12.2 Å². The van der Waals surface area contributed by atoms with Crippen LogP contribution in [0.1, 0.15) is 19.8 Å². The minimum atomic E-state index is 0.802. The van der Waals surface area contributed by atoms with Crippen LogP contribution in [0.3, 0.4) is 0 Å². The number of rotatable bonds is 4. The molecular formula is C12H14NO. The van der Waals surface area contributed by atoms with Crippen LogP contribution in [0.4, 0.5) is 0 Å². The van der Waals surface area contributed by atoms with Crippen molar-refractivity contribution in [3.05, 3.63) is 28.6 Å². The number of hydrogen-bond acceptors (Lipinski definition) is 1. The normalized spacial score (nSPS) is 12.4. The highest BCUT2D eigenvalue weighted by atomic mass is 16.5. The smallest absolute Gasteiger partial charge is 0.119 e. The van der Waals surface area contributed by atoms with Gasteiger partial charge in [0.05, 0.1) is 6.61 Å². The second-order valence-electron chi connectivity index (χ2n) is 3.40. The Morgan fingerprint density at radius 1 is 1.21 bits per heavy atom. The number of unbranched alkanes of at least 4 members (excludes halogenated alkanes) is 1. The van der Waals surface area contributed by atoms with E-state index in [1.165, 1.54) is 11.6 Å². The van der Waals surface area contributed by atoms with Gasteiger partial charge in [0.15, 0.2) is 0 Å². The van der Waals surface area contributed by atoms with Crippen molar-refractivity contribution < 1.29 is 4.74 Å². The highest BCUT2D eigenvalue weighted by molar-refractivity contribution is 5.44. The van der Waals surface area contributed by atoms with E-state index >= 15 is 0 Å². The van der Waals surface area contributed by atoms with Crippen molar-refractivity contribution in [2.24, 2.45) is 0 Å². The molecule has 1 aromatic rings. The van der Waals surface area contributed by atoms with Crippen molar-refractivity contribution in [3.63, 3.8) is 0 Å². The molecular weight excluding hydrogens is 174 g/mol. The fraction of sp³-hybridized carbons (Fsp3) is 0.333. The SMILES string of the molecule is CCCCOc1ccc2c(c1)=C[N]C=2. The number of fused-ring (bicyclic) bond motifs is 1. The Hall–Kier alpha value is -1.44. The molecule has 1 aliphatic heterocycles. The van der Waals surface area contributed by atoms with Crippen molar-refractivity contribution in [1.29, 1.82) is 0 Å². The summed E-state index contributed by atoms with van der Waals surface area (Å²) >= 11 is 0. The van der Waals surface area contributed by atoms with E-state index in [-0.39, 0.29) is 0 Å². The topological polar surface area (TPSA) is 23.3 Å². The van der Waals surface area contributed by atoms with Gasteiger partial charge in [-0.05, 0) is 24.6 Å². The van der Waals surface area contributed by atoms with E-state index in [0.29, 0.717) is 0 Å². The van der Waals surface area contributed by atoms with Gasteiger partial charge in [-0.3, -0.25) is 5.32 Å². The second-order valence-corrected chi connectivity index (χ2v) is 3.40. The highest BCUT2D eigenvalue weighted by Gasteiger charge is 1.97. The number of ether oxygens (including phenoxy) is 1. The third-order valence-electron chi connectivity index (χ3n) is 2.25. The first-order chi connectivity index (χ1) is 6.90. The van der Waals surface area contributed by atoms with Gasteiger partial charge in [0.25, 0.3) is 0 Å². The lowest BCUT2D eigenvalue weighted by atomic mass is 10.2. The fourth-order valence-corrected chi connectivity index (χ4v) is 1.40. The van der Waals surface area contributed by atoms with Gasteiger partial charge in [-0.1, -0.05) is 13.3 Å². The molecule has 0 amide bonds. The Morgan fingerprint density at radius 2 is 2.07 bits per heavy atom. The summed E-state index contributed by atoms with van der Waals surface area (Å²) in [5.41, 5.74) is 0. The van der Waals surface area contributed by atoms with Crippen molar-refractivity contribution in [3.8, 4) is 5.75 Å². The number of hydrogen-bond donors (Lipinski definition) is 0. The van der Waals surface area contributed by atoms with Crippen molar-refractivity contribution >= 4 is 12.4 Å². The first-order valence-electron chi connectivity index (χ1n) is 5.03. The van der Waals surface area contributed by atoms with Crippen molar-refractivity contribution in [2.45, 2.75) is 19.8 Å². The molecule has 0 N–H and O–H groups in total. The summed E-state index contributed by atoms with van der Waals surface area (Å²) in [7, 11) is 0. The largest absolute Gasteiger partial charge is 0.494 e. The van der Waals surface area contributed by atoms with Crippen LogP contribution < -0.4 is 20.5 Å². The average molecular weight is 188 g/mol. The molecule has 1 aromatic carbocycles. The maximum Gasteiger partial charge on any atom is 0.119 e. The summed E-state index contributed by atoms with van der Waals surface area (Å²) in [4.78, 5) is 0. The number of benzene rings is 1. The molecule has 0 unspecified atom stereocenters. The second kappa shape index (κ2) is 4.18. The van der Waals surface area contributed by atoms with Crippen LogP contribution in [0.25, 0.3) is 12.4 Å². The molecule has 0 saturated heterocycles. The van der Waals surface area contributed by atoms with Crippen LogP contribution in [0, 0.1) is 0 Å². The Bertz CT molecular complexity index is 422. The third-order valence-corrected chi connectivity index (χ3v) is 2.25. The van der Waals surface area contributed by atoms with Crippen LogP contribution in [-0.2, 0) is 0 Å². The van der Waals surface area contributed by atoms with E-state index in [1.807, 2.05) is 30.6 Å². The summed E-state index contributed by atoms with van der Waals surface area (Å²) in [6.07, 6.45) is 6.00. The Morgan fingerprint density at radius 3 is 2.93 bits per heavy atom. The molecule has 2 heteroatoms. The molecule has 1 radical (unpaired) electrons. The summed E-state index contributed by atoms with van der Waals surface area (Å²) < 4.78 is 5.60. The van der Waals surface area contributed by atoms with Crippen LogP contribution >= 0.6 is 0 Å². The zero-order chi connectivity index (χ0) is 9.80. The molecule has 0 bridgehead atoms. The number of nitrogens with zero attached hydrogens (tertiary/aromatic N) is 1. The maximum absolute atomic E-state index is 5.60. The Labute approximate surface area is 83.9 Å². The van der Waals surface area contributed by atoms with Crippen LogP contribution in [0.15, 0.2) is 18.2 Å². The average Bonchev–Trinajstić information content (AvgIpc) is 2.65. The third kappa shape index (κ3) is 1.90. The van der Waals surface area contributed by atoms with Crippen molar-refractivity contribution in [1.82, 2.24) is 5.32 Å². The summed E-state index contributed by atoms with van der Waals surface area (Å²) in [6, 6.07) is 6.08. The van der Waals surface area contributed by atoms with E-state index in [0.717, 1.165) is 24.0 Å². The van der Waals surface area contributed by atoms with Gasteiger partial charge < -0.3 is 4.74 Å². The lowest BCUT2D eigenvalue weighted by molar-refractivity contribution is 0.309. The monoisotopic (exact) mass is 188 g/mol. The molecule has 0 atom stereocenters. The predicted molar refractivity (Wildman–Crippen MR) is 57.2 cm³/mol. The quantitative estimate of drug-likeness (QED) is 0.645. The molecule has 0 fully saturated rings. The lowest BCUT2D eigenvalue weighted by Crippen LogP contribution is -2.20. The van der Waals surface area contributed by atoms with Gasteiger partial charge in [0.2, 0.25) is 0 Å². The zero-order valence-corrected chi connectivity index (χ0v) is 8.36. The van der Waals surface area contributed by atoms with Gasteiger partial charge >= 0.3 is 0 Å². The van der Waals surface area contributed by atoms with E-state index in [9.17, 15) is 0 Å². The predicted octanol–water partition coefficient (Wildman–Crippen LogP) is 0.960. The highest BCUT2D eigenvalue weighted by Crippen LogP contribution is 2.05. The minimum Gasteiger partial charge on any atom is -0.494 e. The van der Waals surface area contributed by atoms with Gasteiger partial charge in [-0.2, -0.15) is 0 Å². The van der Waals surface area contributed by atoms with Crippen LogP contribution in [-0.4, -0.2) is 6.61 Å². The van der Waals surface area contributed by atoms with Crippen LogP contribution in [0.5, 0.6) is 5.75 Å². The Balaban J connectivity index is 2.11. The molecule has 1 heterocycles. The molecule has 14 heavy (non-hydrogen) atoms.